The molecule has 1 rings (SSSR count). The van der Waals surface area contributed by atoms with Gasteiger partial charge in [0.2, 0.25) is 11.8 Å². The zero-order chi connectivity index (χ0) is 8.97. The van der Waals surface area contributed by atoms with Gasteiger partial charge in [0, 0.05) is 25.3 Å². The third-order valence-corrected chi connectivity index (χ3v) is 2.19. The van der Waals surface area contributed by atoms with Crippen molar-refractivity contribution in [3.05, 3.63) is 0 Å². The molecule has 0 unspecified atom stereocenters. The predicted molar refractivity (Wildman–Crippen MR) is 45.9 cm³/mol. The van der Waals surface area contributed by atoms with Crippen molar-refractivity contribution >= 4 is 23.4 Å². The third kappa shape index (κ3) is 2.21. The number of unbranched alkanes of at least 4 members (excludes halogenated alkanes) is 1. The monoisotopic (exact) mass is 189 g/mol. The van der Waals surface area contributed by atoms with E-state index in [2.05, 4.69) is 0 Å². The number of hydrogen-bond acceptors (Lipinski definition) is 2. The van der Waals surface area contributed by atoms with Gasteiger partial charge in [-0.3, -0.25) is 14.5 Å². The fourth-order valence-corrected chi connectivity index (χ4v) is 1.43. The standard InChI is InChI=1S/C8H12ClNO2/c9-5-1-2-6-10-7(11)3-4-8(10)12/h1-6H2. The van der Waals surface area contributed by atoms with E-state index >= 15 is 0 Å². The number of amides is 2. The van der Waals surface area contributed by atoms with Crippen LogP contribution in [0.1, 0.15) is 25.7 Å². The second-order valence-electron chi connectivity index (χ2n) is 2.84. The van der Waals surface area contributed by atoms with Crippen molar-refractivity contribution in [3.63, 3.8) is 0 Å². The van der Waals surface area contributed by atoms with Crippen LogP contribution in [0.4, 0.5) is 0 Å². The van der Waals surface area contributed by atoms with Crippen molar-refractivity contribution < 1.29 is 9.59 Å². The Kier molecular flexibility index (Phi) is 3.53. The van der Waals surface area contributed by atoms with Crippen molar-refractivity contribution in [2.45, 2.75) is 25.7 Å². The van der Waals surface area contributed by atoms with Gasteiger partial charge >= 0.3 is 0 Å². The Hall–Kier alpha value is -0.570. The molecule has 12 heavy (non-hydrogen) atoms. The number of alkyl halides is 1. The van der Waals surface area contributed by atoms with Crippen LogP contribution in [0.5, 0.6) is 0 Å². The number of nitrogens with zero attached hydrogens (tertiary/aromatic N) is 1. The Morgan fingerprint density at radius 1 is 1.17 bits per heavy atom. The van der Waals surface area contributed by atoms with Gasteiger partial charge in [-0.2, -0.15) is 0 Å². The maximum absolute atomic E-state index is 11.1. The lowest BCUT2D eigenvalue weighted by Crippen LogP contribution is -2.29. The number of imide groups is 1. The molecular weight excluding hydrogens is 178 g/mol. The summed E-state index contributed by atoms with van der Waals surface area (Å²) in [5, 5.41) is 0. The average Bonchev–Trinajstić information content (AvgIpc) is 2.35. The Bertz CT molecular complexity index is 177. The summed E-state index contributed by atoms with van der Waals surface area (Å²) in [5.74, 6) is 0.528. The zero-order valence-electron chi connectivity index (χ0n) is 6.88. The highest BCUT2D eigenvalue weighted by molar-refractivity contribution is 6.17. The number of carbonyl (C=O) groups is 2. The minimum Gasteiger partial charge on any atom is -0.283 e. The highest BCUT2D eigenvalue weighted by Crippen LogP contribution is 2.12. The summed E-state index contributed by atoms with van der Waals surface area (Å²) in [6.07, 6.45) is 2.46. The Balaban J connectivity index is 2.30. The van der Waals surface area contributed by atoms with Crippen molar-refractivity contribution in [2.24, 2.45) is 0 Å². The van der Waals surface area contributed by atoms with Crippen molar-refractivity contribution in [1.29, 1.82) is 0 Å². The van der Waals surface area contributed by atoms with E-state index < -0.39 is 0 Å². The van der Waals surface area contributed by atoms with Crippen molar-refractivity contribution in [3.8, 4) is 0 Å². The van der Waals surface area contributed by atoms with Gasteiger partial charge in [0.05, 0.1) is 0 Å². The second kappa shape index (κ2) is 4.45. The molecule has 0 saturated carbocycles. The van der Waals surface area contributed by atoms with E-state index in [0.717, 1.165) is 12.8 Å². The molecule has 68 valence electrons. The van der Waals surface area contributed by atoms with Crippen molar-refractivity contribution in [1.82, 2.24) is 4.90 Å². The van der Waals surface area contributed by atoms with E-state index in [1.165, 1.54) is 4.90 Å². The van der Waals surface area contributed by atoms with Crippen LogP contribution in [0.25, 0.3) is 0 Å². The van der Waals surface area contributed by atoms with Crippen LogP contribution in [0, 0.1) is 0 Å². The molecule has 0 spiro atoms. The maximum Gasteiger partial charge on any atom is 0.229 e. The highest BCUT2D eigenvalue weighted by Gasteiger charge is 2.27. The highest BCUT2D eigenvalue weighted by atomic mass is 35.5. The maximum atomic E-state index is 11.1. The fraction of sp³-hybridized carbons (Fsp3) is 0.750. The summed E-state index contributed by atoms with van der Waals surface area (Å²) in [6, 6.07) is 0. The molecule has 0 aromatic heterocycles. The Morgan fingerprint density at radius 3 is 2.25 bits per heavy atom. The fourth-order valence-electron chi connectivity index (χ4n) is 1.24. The SMILES string of the molecule is O=C1CCC(=O)N1CCCCCl. The average molecular weight is 190 g/mol. The zero-order valence-corrected chi connectivity index (χ0v) is 7.64. The molecule has 0 radical (unpaired) electrons. The first-order valence-corrected chi connectivity index (χ1v) is 4.68. The van der Waals surface area contributed by atoms with Gasteiger partial charge in [0.25, 0.3) is 0 Å². The first-order chi connectivity index (χ1) is 5.75. The topological polar surface area (TPSA) is 37.4 Å². The van der Waals surface area contributed by atoms with Gasteiger partial charge < -0.3 is 0 Å². The van der Waals surface area contributed by atoms with Gasteiger partial charge in [-0.1, -0.05) is 0 Å². The van der Waals surface area contributed by atoms with E-state index in [1.54, 1.807) is 0 Å². The summed E-state index contributed by atoms with van der Waals surface area (Å²) in [6.45, 7) is 0.546. The largest absolute Gasteiger partial charge is 0.283 e. The Morgan fingerprint density at radius 2 is 1.75 bits per heavy atom. The number of halogens is 1. The molecule has 1 aliphatic rings. The molecule has 1 heterocycles. The molecule has 0 aromatic carbocycles. The predicted octanol–water partition coefficient (Wildman–Crippen LogP) is 1.15. The minimum atomic E-state index is -0.0328. The number of likely N-dealkylation sites (tertiary alicyclic amines) is 1. The molecular formula is C8H12ClNO2. The van der Waals surface area contributed by atoms with Crippen LogP contribution in [-0.2, 0) is 9.59 Å². The molecule has 1 saturated heterocycles. The van der Waals surface area contributed by atoms with Crippen LogP contribution in [-0.4, -0.2) is 29.1 Å². The third-order valence-electron chi connectivity index (χ3n) is 1.92. The van der Waals surface area contributed by atoms with Gasteiger partial charge in [0.15, 0.2) is 0 Å². The Labute approximate surface area is 76.7 Å². The van der Waals surface area contributed by atoms with Crippen LogP contribution < -0.4 is 0 Å². The molecule has 0 aromatic rings. The molecule has 0 aliphatic carbocycles. The van der Waals surface area contributed by atoms with E-state index in [-0.39, 0.29) is 11.8 Å². The van der Waals surface area contributed by atoms with Gasteiger partial charge in [-0.05, 0) is 12.8 Å². The lowest BCUT2D eigenvalue weighted by atomic mass is 10.3. The van der Waals surface area contributed by atoms with Crippen LogP contribution >= 0.6 is 11.6 Å². The first kappa shape index (κ1) is 9.52. The van der Waals surface area contributed by atoms with E-state index in [0.29, 0.717) is 25.3 Å². The molecule has 0 N–H and O–H groups in total. The normalized spacial score (nSPS) is 17.6. The molecule has 2 amide bonds. The quantitative estimate of drug-likeness (QED) is 0.378. The van der Waals surface area contributed by atoms with E-state index in [9.17, 15) is 9.59 Å². The van der Waals surface area contributed by atoms with Gasteiger partial charge in [-0.25, -0.2) is 0 Å². The second-order valence-corrected chi connectivity index (χ2v) is 3.21. The number of rotatable bonds is 4. The van der Waals surface area contributed by atoms with Crippen LogP contribution in [0.2, 0.25) is 0 Å². The minimum absolute atomic E-state index is 0.0328. The lowest BCUT2D eigenvalue weighted by molar-refractivity contribution is -0.138. The van der Waals surface area contributed by atoms with Gasteiger partial charge in [0.1, 0.15) is 0 Å². The van der Waals surface area contributed by atoms with Crippen LogP contribution in [0.15, 0.2) is 0 Å². The summed E-state index contributed by atoms with van der Waals surface area (Å²) in [7, 11) is 0. The molecule has 4 heteroatoms. The summed E-state index contributed by atoms with van der Waals surface area (Å²) in [5.41, 5.74) is 0. The molecule has 0 bridgehead atoms. The molecule has 0 atom stereocenters. The van der Waals surface area contributed by atoms with Crippen molar-refractivity contribution in [2.75, 3.05) is 12.4 Å². The molecule has 3 nitrogen and oxygen atoms in total. The summed E-state index contributed by atoms with van der Waals surface area (Å²) < 4.78 is 0. The number of carbonyl (C=O) groups excluding carboxylic acids is 2. The van der Waals surface area contributed by atoms with E-state index in [4.69, 9.17) is 11.6 Å². The lowest BCUT2D eigenvalue weighted by Gasteiger charge is -2.12. The number of hydrogen-bond donors (Lipinski definition) is 0. The van der Waals surface area contributed by atoms with E-state index in [1.807, 2.05) is 0 Å². The molecule has 1 fully saturated rings. The first-order valence-electron chi connectivity index (χ1n) is 4.15. The molecule has 1 aliphatic heterocycles. The van der Waals surface area contributed by atoms with Gasteiger partial charge in [-0.15, -0.1) is 11.6 Å². The smallest absolute Gasteiger partial charge is 0.229 e. The summed E-state index contributed by atoms with van der Waals surface area (Å²) >= 11 is 5.47. The van der Waals surface area contributed by atoms with Crippen LogP contribution in [0.3, 0.4) is 0 Å². The summed E-state index contributed by atoms with van der Waals surface area (Å²) in [4.78, 5) is 23.4.